The fourth-order valence-electron chi connectivity index (χ4n) is 2.92. The highest BCUT2D eigenvalue weighted by Gasteiger charge is 2.37. The summed E-state index contributed by atoms with van der Waals surface area (Å²) in [5.41, 5.74) is 6.96. The molecular weight excluding hydrogens is 326 g/mol. The number of amides is 1. The van der Waals surface area contributed by atoms with Gasteiger partial charge in [-0.3, -0.25) is 4.79 Å². The molecule has 0 unspecified atom stereocenters. The predicted octanol–water partition coefficient (Wildman–Crippen LogP) is 3.04. The van der Waals surface area contributed by atoms with Crippen LogP contribution in [0.5, 0.6) is 11.5 Å². The smallest absolute Gasteiger partial charge is 0.246 e. The van der Waals surface area contributed by atoms with Gasteiger partial charge in [0.1, 0.15) is 11.5 Å². The van der Waals surface area contributed by atoms with E-state index >= 15 is 0 Å². The number of anilines is 1. The van der Waals surface area contributed by atoms with Crippen LogP contribution in [-0.2, 0) is 4.79 Å². The van der Waals surface area contributed by atoms with Gasteiger partial charge in [-0.2, -0.15) is 0 Å². The van der Waals surface area contributed by atoms with Crippen molar-refractivity contribution in [3.05, 3.63) is 23.6 Å². The van der Waals surface area contributed by atoms with Gasteiger partial charge in [-0.05, 0) is 31.0 Å². The molecule has 1 fully saturated rings. The Morgan fingerprint density at radius 3 is 2.71 bits per heavy atom. The van der Waals surface area contributed by atoms with Crippen molar-refractivity contribution in [3.8, 4) is 22.8 Å². The lowest BCUT2D eigenvalue weighted by molar-refractivity contribution is -0.121. The molecule has 3 rings (SSSR count). The van der Waals surface area contributed by atoms with E-state index in [4.69, 9.17) is 15.2 Å². The molecule has 0 radical (unpaired) electrons. The zero-order valence-electron chi connectivity index (χ0n) is 13.8. The van der Waals surface area contributed by atoms with E-state index < -0.39 is 5.54 Å². The minimum Gasteiger partial charge on any atom is -0.497 e. The zero-order chi connectivity index (χ0) is 17.2. The number of hydrogen-bond donors (Lipinski definition) is 2. The van der Waals surface area contributed by atoms with Gasteiger partial charge in [0.2, 0.25) is 5.91 Å². The Balaban J connectivity index is 1.82. The molecule has 24 heavy (non-hydrogen) atoms. The van der Waals surface area contributed by atoms with Crippen molar-refractivity contribution in [2.45, 2.75) is 31.2 Å². The van der Waals surface area contributed by atoms with Crippen LogP contribution < -0.4 is 20.5 Å². The average Bonchev–Trinajstić information content (AvgIpc) is 3.24. The van der Waals surface area contributed by atoms with Crippen LogP contribution in [0.1, 0.15) is 25.7 Å². The van der Waals surface area contributed by atoms with Gasteiger partial charge in [0.25, 0.3) is 0 Å². The summed E-state index contributed by atoms with van der Waals surface area (Å²) in [5.74, 6) is 1.26. The number of nitrogens with zero attached hydrogens (tertiary/aromatic N) is 1. The third-order valence-corrected chi connectivity index (χ3v) is 5.11. The van der Waals surface area contributed by atoms with Crippen LogP contribution in [0, 0.1) is 0 Å². The first-order valence-corrected chi connectivity index (χ1v) is 8.72. The van der Waals surface area contributed by atoms with Crippen molar-refractivity contribution >= 4 is 22.4 Å². The number of carbonyl (C=O) groups is 1. The monoisotopic (exact) mass is 347 g/mol. The summed E-state index contributed by atoms with van der Waals surface area (Å²) in [7, 11) is 3.22. The Kier molecular flexibility index (Phi) is 4.73. The molecule has 1 aliphatic rings. The molecule has 0 aliphatic heterocycles. The molecule has 1 heterocycles. The summed E-state index contributed by atoms with van der Waals surface area (Å²) in [5, 5.41) is 5.27. The number of carbonyl (C=O) groups excluding carboxylic acids is 1. The fourth-order valence-corrected chi connectivity index (χ4v) is 3.63. The first-order chi connectivity index (χ1) is 11.6. The number of ether oxygens (including phenoxy) is 2. The Hall–Kier alpha value is -2.12. The predicted molar refractivity (Wildman–Crippen MR) is 94.7 cm³/mol. The molecule has 3 N–H and O–H groups in total. The van der Waals surface area contributed by atoms with Gasteiger partial charge in [0.05, 0.1) is 25.5 Å². The van der Waals surface area contributed by atoms with Crippen LogP contribution in [0.4, 0.5) is 5.13 Å². The van der Waals surface area contributed by atoms with Crippen LogP contribution in [0.15, 0.2) is 23.6 Å². The van der Waals surface area contributed by atoms with E-state index in [0.717, 1.165) is 42.7 Å². The number of benzene rings is 1. The van der Waals surface area contributed by atoms with Gasteiger partial charge in [0, 0.05) is 10.9 Å². The molecule has 0 saturated heterocycles. The van der Waals surface area contributed by atoms with E-state index in [1.165, 1.54) is 11.3 Å². The molecule has 128 valence electrons. The van der Waals surface area contributed by atoms with Crippen molar-refractivity contribution in [3.63, 3.8) is 0 Å². The van der Waals surface area contributed by atoms with Gasteiger partial charge in [-0.1, -0.05) is 12.8 Å². The molecule has 0 bridgehead atoms. The lowest BCUT2D eigenvalue weighted by Gasteiger charge is -2.21. The maximum absolute atomic E-state index is 12.4. The van der Waals surface area contributed by atoms with Crippen molar-refractivity contribution in [2.75, 3.05) is 19.5 Å². The van der Waals surface area contributed by atoms with E-state index in [-0.39, 0.29) is 5.91 Å². The summed E-state index contributed by atoms with van der Waals surface area (Å²) < 4.78 is 10.7. The van der Waals surface area contributed by atoms with Crippen molar-refractivity contribution in [2.24, 2.45) is 5.73 Å². The average molecular weight is 347 g/mol. The highest BCUT2D eigenvalue weighted by Crippen LogP contribution is 2.35. The molecular formula is C17H21N3O3S. The Bertz CT molecular complexity index is 738. The fraction of sp³-hybridized carbons (Fsp3) is 0.412. The number of thiazole rings is 1. The minimum absolute atomic E-state index is 0.154. The van der Waals surface area contributed by atoms with Gasteiger partial charge in [0.15, 0.2) is 5.13 Å². The largest absolute Gasteiger partial charge is 0.497 e. The first kappa shape index (κ1) is 16.7. The van der Waals surface area contributed by atoms with Crippen molar-refractivity contribution < 1.29 is 14.3 Å². The second-order valence-electron chi connectivity index (χ2n) is 5.92. The van der Waals surface area contributed by atoms with Crippen LogP contribution >= 0.6 is 11.3 Å². The first-order valence-electron chi connectivity index (χ1n) is 7.84. The molecule has 1 aromatic carbocycles. The number of methoxy groups -OCH3 is 2. The standard InChI is InChI=1S/C17H21N3O3S/c1-22-11-5-6-14(23-2)12(9-11)13-10-24-16(19-13)20-15(21)17(18)7-3-4-8-17/h5-6,9-10H,3-4,7-8,18H2,1-2H3,(H,19,20,21). The molecule has 2 aromatic rings. The number of nitrogens with two attached hydrogens (primary N) is 1. The van der Waals surface area contributed by atoms with E-state index in [9.17, 15) is 4.79 Å². The van der Waals surface area contributed by atoms with Gasteiger partial charge >= 0.3 is 0 Å². The molecule has 0 atom stereocenters. The second kappa shape index (κ2) is 6.78. The summed E-state index contributed by atoms with van der Waals surface area (Å²) in [6, 6.07) is 5.52. The molecule has 7 heteroatoms. The maximum Gasteiger partial charge on any atom is 0.246 e. The van der Waals surface area contributed by atoms with E-state index in [1.54, 1.807) is 14.2 Å². The van der Waals surface area contributed by atoms with E-state index in [2.05, 4.69) is 10.3 Å². The lowest BCUT2D eigenvalue weighted by Crippen LogP contribution is -2.48. The molecule has 1 aliphatic carbocycles. The molecule has 6 nitrogen and oxygen atoms in total. The third-order valence-electron chi connectivity index (χ3n) is 4.36. The highest BCUT2D eigenvalue weighted by molar-refractivity contribution is 7.14. The van der Waals surface area contributed by atoms with Crippen molar-refractivity contribution in [1.29, 1.82) is 0 Å². The quantitative estimate of drug-likeness (QED) is 0.868. The number of hydrogen-bond acceptors (Lipinski definition) is 6. The number of nitrogens with one attached hydrogen (secondary N) is 1. The zero-order valence-corrected chi connectivity index (χ0v) is 14.6. The second-order valence-corrected chi connectivity index (χ2v) is 6.78. The SMILES string of the molecule is COc1ccc(OC)c(-c2csc(NC(=O)C3(N)CCCC3)n2)c1. The van der Waals surface area contributed by atoms with Crippen LogP contribution in [0.3, 0.4) is 0 Å². The molecule has 1 aromatic heterocycles. The van der Waals surface area contributed by atoms with E-state index in [0.29, 0.717) is 10.9 Å². The highest BCUT2D eigenvalue weighted by atomic mass is 32.1. The topological polar surface area (TPSA) is 86.5 Å². The van der Waals surface area contributed by atoms with Crippen molar-refractivity contribution in [1.82, 2.24) is 4.98 Å². The molecule has 1 saturated carbocycles. The van der Waals surface area contributed by atoms with Gasteiger partial charge in [-0.25, -0.2) is 4.98 Å². The summed E-state index contributed by atoms with van der Waals surface area (Å²) in [4.78, 5) is 16.9. The molecule has 0 spiro atoms. The van der Waals surface area contributed by atoms with Crippen LogP contribution in [0.25, 0.3) is 11.3 Å². The Morgan fingerprint density at radius 2 is 2.04 bits per heavy atom. The Morgan fingerprint density at radius 1 is 1.29 bits per heavy atom. The Labute approximate surface area is 145 Å². The van der Waals surface area contributed by atoms with Gasteiger partial charge in [-0.15, -0.1) is 11.3 Å². The van der Waals surface area contributed by atoms with E-state index in [1.807, 2.05) is 23.6 Å². The third kappa shape index (κ3) is 3.22. The number of aromatic nitrogens is 1. The van der Waals surface area contributed by atoms with Crippen LogP contribution in [0.2, 0.25) is 0 Å². The van der Waals surface area contributed by atoms with Gasteiger partial charge < -0.3 is 20.5 Å². The minimum atomic E-state index is -0.764. The normalized spacial score (nSPS) is 16.0. The lowest BCUT2D eigenvalue weighted by atomic mass is 9.98. The van der Waals surface area contributed by atoms with Crippen LogP contribution in [-0.4, -0.2) is 30.6 Å². The summed E-state index contributed by atoms with van der Waals surface area (Å²) in [6.07, 6.45) is 3.43. The molecule has 1 amide bonds. The summed E-state index contributed by atoms with van der Waals surface area (Å²) >= 11 is 1.37. The number of rotatable bonds is 5. The maximum atomic E-state index is 12.4. The summed E-state index contributed by atoms with van der Waals surface area (Å²) in [6.45, 7) is 0.